The molecule has 0 bridgehead atoms. The zero-order valence-electron chi connectivity index (χ0n) is 8.72. The Morgan fingerprint density at radius 2 is 1.33 bits per heavy atom. The summed E-state index contributed by atoms with van der Waals surface area (Å²) in [7, 11) is 0. The summed E-state index contributed by atoms with van der Waals surface area (Å²) in [5.74, 6) is 1.47. The van der Waals surface area contributed by atoms with Crippen molar-refractivity contribution in [1.82, 2.24) is 0 Å². The van der Waals surface area contributed by atoms with Crippen molar-refractivity contribution in [2.24, 2.45) is 5.41 Å². The molecular formula is C9H14Br2O2S2. The van der Waals surface area contributed by atoms with Crippen LogP contribution in [0.25, 0.3) is 0 Å². The van der Waals surface area contributed by atoms with Gasteiger partial charge < -0.3 is 0 Å². The lowest BCUT2D eigenvalue weighted by Crippen LogP contribution is -2.31. The molecule has 15 heavy (non-hydrogen) atoms. The number of rotatable bonds is 6. The number of alkyl halides is 2. The topological polar surface area (TPSA) is 34.1 Å². The molecule has 0 fully saturated rings. The van der Waals surface area contributed by atoms with Gasteiger partial charge in [-0.2, -0.15) is 0 Å². The van der Waals surface area contributed by atoms with Crippen molar-refractivity contribution in [3.8, 4) is 0 Å². The standard InChI is InChI=1S/C9H14Br2O2S2/c1-7(12)14-5-9(3-10,4-11)6-15-8(2)13/h3-6H2,1-2H3. The third kappa shape index (κ3) is 7.02. The maximum absolute atomic E-state index is 10.9. The lowest BCUT2D eigenvalue weighted by molar-refractivity contribution is -0.109. The zero-order chi connectivity index (χ0) is 11.9. The fourth-order valence-electron chi connectivity index (χ4n) is 0.741. The van der Waals surface area contributed by atoms with Crippen LogP contribution in [0.3, 0.4) is 0 Å². The fraction of sp³-hybridized carbons (Fsp3) is 0.778. The molecular weight excluding hydrogens is 364 g/mol. The normalized spacial score (nSPS) is 11.5. The van der Waals surface area contributed by atoms with E-state index in [1.807, 2.05) is 0 Å². The van der Waals surface area contributed by atoms with Crippen LogP contribution < -0.4 is 0 Å². The molecule has 0 amide bonds. The molecule has 0 aliphatic carbocycles. The van der Waals surface area contributed by atoms with E-state index in [0.29, 0.717) is 0 Å². The second kappa shape index (κ2) is 8.14. The first-order chi connectivity index (χ1) is 6.95. The molecule has 0 aliphatic rings. The Balaban J connectivity index is 4.29. The van der Waals surface area contributed by atoms with Gasteiger partial charge in [-0.3, -0.25) is 9.59 Å². The lowest BCUT2D eigenvalue weighted by atomic mass is 10.00. The average Bonchev–Trinajstić information content (AvgIpc) is 2.19. The van der Waals surface area contributed by atoms with E-state index in [1.165, 1.54) is 23.5 Å². The van der Waals surface area contributed by atoms with Crippen LogP contribution in [-0.4, -0.2) is 32.4 Å². The molecule has 0 rings (SSSR count). The maximum atomic E-state index is 10.9. The van der Waals surface area contributed by atoms with Crippen molar-refractivity contribution in [3.63, 3.8) is 0 Å². The predicted octanol–water partition coefficient (Wildman–Crippen LogP) is 3.32. The van der Waals surface area contributed by atoms with Crippen LogP contribution in [0, 0.1) is 5.41 Å². The molecule has 0 N–H and O–H groups in total. The van der Waals surface area contributed by atoms with Gasteiger partial charge in [0.25, 0.3) is 0 Å². The van der Waals surface area contributed by atoms with Gasteiger partial charge in [-0.05, 0) is 0 Å². The first kappa shape index (κ1) is 16.0. The average molecular weight is 378 g/mol. The molecule has 0 saturated heterocycles. The monoisotopic (exact) mass is 376 g/mol. The zero-order valence-corrected chi connectivity index (χ0v) is 13.5. The smallest absolute Gasteiger partial charge is 0.185 e. The minimum absolute atomic E-state index is 0.0350. The first-order valence-electron chi connectivity index (χ1n) is 4.34. The highest BCUT2D eigenvalue weighted by molar-refractivity contribution is 9.09. The predicted molar refractivity (Wildman–Crippen MR) is 76.3 cm³/mol. The SMILES string of the molecule is CC(=O)SCC(CBr)(CBr)CSC(C)=O. The van der Waals surface area contributed by atoms with Crippen molar-refractivity contribution in [2.75, 3.05) is 22.2 Å². The molecule has 88 valence electrons. The summed E-state index contributed by atoms with van der Waals surface area (Å²) in [5, 5.41) is 1.81. The van der Waals surface area contributed by atoms with Gasteiger partial charge in [0.1, 0.15) is 0 Å². The Morgan fingerprint density at radius 3 is 1.53 bits per heavy atom. The Kier molecular flexibility index (Phi) is 8.69. The molecule has 0 heterocycles. The van der Waals surface area contributed by atoms with E-state index in [4.69, 9.17) is 0 Å². The van der Waals surface area contributed by atoms with Gasteiger partial charge in [0.2, 0.25) is 0 Å². The van der Waals surface area contributed by atoms with Crippen molar-refractivity contribution in [3.05, 3.63) is 0 Å². The van der Waals surface area contributed by atoms with E-state index >= 15 is 0 Å². The third-order valence-corrected chi connectivity index (χ3v) is 6.44. The minimum atomic E-state index is -0.0350. The van der Waals surface area contributed by atoms with E-state index < -0.39 is 0 Å². The van der Waals surface area contributed by atoms with Crippen LogP contribution in [0.5, 0.6) is 0 Å². The van der Waals surface area contributed by atoms with Crippen molar-refractivity contribution >= 4 is 65.6 Å². The van der Waals surface area contributed by atoms with E-state index in [1.54, 1.807) is 13.8 Å². The molecule has 0 aromatic carbocycles. The Labute approximate surface area is 116 Å². The Bertz CT molecular complexity index is 210. The van der Waals surface area contributed by atoms with Crippen molar-refractivity contribution < 1.29 is 9.59 Å². The summed E-state index contributed by atoms with van der Waals surface area (Å²) in [6.45, 7) is 3.13. The summed E-state index contributed by atoms with van der Waals surface area (Å²) in [4.78, 5) is 21.8. The van der Waals surface area contributed by atoms with E-state index in [-0.39, 0.29) is 15.6 Å². The Morgan fingerprint density at radius 1 is 1.00 bits per heavy atom. The van der Waals surface area contributed by atoms with Gasteiger partial charge in [-0.25, -0.2) is 0 Å². The summed E-state index contributed by atoms with van der Waals surface area (Å²) in [5.41, 5.74) is -0.0350. The molecule has 6 heteroatoms. The van der Waals surface area contributed by atoms with E-state index in [9.17, 15) is 9.59 Å². The lowest BCUT2D eigenvalue weighted by Gasteiger charge is -2.28. The van der Waals surface area contributed by atoms with Crippen molar-refractivity contribution in [2.45, 2.75) is 13.8 Å². The highest BCUT2D eigenvalue weighted by Crippen LogP contribution is 2.32. The van der Waals surface area contributed by atoms with Crippen LogP contribution >= 0.6 is 55.4 Å². The van der Waals surface area contributed by atoms with Gasteiger partial charge in [-0.15, -0.1) is 0 Å². The molecule has 0 radical (unpaired) electrons. The van der Waals surface area contributed by atoms with Gasteiger partial charge in [-0.1, -0.05) is 55.4 Å². The first-order valence-corrected chi connectivity index (χ1v) is 8.56. The molecule has 2 nitrogen and oxygen atoms in total. The number of carbonyl (C=O) groups excluding carboxylic acids is 2. The number of carbonyl (C=O) groups is 2. The largest absolute Gasteiger partial charge is 0.288 e. The number of halogens is 2. The molecule has 0 unspecified atom stereocenters. The number of thioether (sulfide) groups is 2. The highest BCUT2D eigenvalue weighted by atomic mass is 79.9. The van der Waals surface area contributed by atoms with Crippen LogP contribution in [0.2, 0.25) is 0 Å². The molecule has 0 atom stereocenters. The summed E-state index contributed by atoms with van der Waals surface area (Å²) >= 11 is 9.54. The van der Waals surface area contributed by atoms with Crippen molar-refractivity contribution in [1.29, 1.82) is 0 Å². The number of hydrogen-bond acceptors (Lipinski definition) is 4. The van der Waals surface area contributed by atoms with Gasteiger partial charge in [0.15, 0.2) is 10.2 Å². The molecule has 0 aromatic rings. The summed E-state index contributed by atoms with van der Waals surface area (Å²) in [6, 6.07) is 0. The summed E-state index contributed by atoms with van der Waals surface area (Å²) in [6.07, 6.45) is 0. The number of hydrogen-bond donors (Lipinski definition) is 0. The van der Waals surface area contributed by atoms with Crippen LogP contribution in [0.1, 0.15) is 13.8 Å². The highest BCUT2D eigenvalue weighted by Gasteiger charge is 2.29. The molecule has 0 aliphatic heterocycles. The van der Waals surface area contributed by atoms with Gasteiger partial charge in [0, 0.05) is 41.4 Å². The van der Waals surface area contributed by atoms with E-state index in [0.717, 1.165) is 22.2 Å². The maximum Gasteiger partial charge on any atom is 0.185 e. The van der Waals surface area contributed by atoms with Gasteiger partial charge in [0.05, 0.1) is 0 Å². The fourth-order valence-corrected chi connectivity index (χ4v) is 5.27. The van der Waals surface area contributed by atoms with Crippen LogP contribution in [-0.2, 0) is 9.59 Å². The molecule has 0 spiro atoms. The van der Waals surface area contributed by atoms with E-state index in [2.05, 4.69) is 31.9 Å². The minimum Gasteiger partial charge on any atom is -0.288 e. The van der Waals surface area contributed by atoms with Gasteiger partial charge >= 0.3 is 0 Å². The molecule has 0 aromatic heterocycles. The quantitative estimate of drug-likeness (QED) is 0.665. The molecule has 0 saturated carbocycles. The second-order valence-corrected chi connectivity index (χ2v) is 6.75. The Hall–Kier alpha value is 1.00. The van der Waals surface area contributed by atoms with Crippen LogP contribution in [0.15, 0.2) is 0 Å². The second-order valence-electron chi connectivity index (χ2n) is 3.33. The third-order valence-electron chi connectivity index (χ3n) is 1.73. The van der Waals surface area contributed by atoms with Crippen LogP contribution in [0.4, 0.5) is 0 Å². The summed E-state index contributed by atoms with van der Waals surface area (Å²) < 4.78 is 0.